The summed E-state index contributed by atoms with van der Waals surface area (Å²) in [5.74, 6) is -1.26. The minimum Gasteiger partial charge on any atom is -0.506 e. The average molecular weight is 631 g/mol. The smallest absolute Gasteiger partial charge is 0.405 e. The Morgan fingerprint density at radius 3 is 2.49 bits per heavy atom. The van der Waals surface area contributed by atoms with Crippen LogP contribution in [0.1, 0.15) is 46.1 Å². The number of likely N-dealkylation sites (tertiary alicyclic amines) is 1. The molecule has 1 aromatic carbocycles. The van der Waals surface area contributed by atoms with Gasteiger partial charge in [-0.15, -0.1) is 0 Å². The van der Waals surface area contributed by atoms with Gasteiger partial charge < -0.3 is 50.8 Å². The number of carbonyl (C=O) groups excluding carboxylic acids is 2. The van der Waals surface area contributed by atoms with Gasteiger partial charge in [0.15, 0.2) is 6.10 Å². The molecule has 3 rings (SSSR count). The summed E-state index contributed by atoms with van der Waals surface area (Å²) >= 11 is 0. The summed E-state index contributed by atoms with van der Waals surface area (Å²) in [6.07, 6.45) is 4.35. The fourth-order valence-electron chi connectivity index (χ4n) is 5.75. The number of benzene rings is 1. The molecule has 2 bridgehead atoms. The first-order chi connectivity index (χ1) is 21.4. The standard InChI is InChI=1S/C33H50N4O8/c1-19-15-23-28(35-11-14-37-12-8-13-37)25(38)18-24(30(23)40)36-32(41)20(2)9-7-10-26(43-5)31(45-33(34)42)22(4)17-21(3)29(39)27(16-19)44-6/h7,9-10,17-19,21,26-27,29,31,35,38-40H,8,11-16H2,1-6H3,(H2,34,42)(H,36,41)/b10-7-,20-9+,22-17+/t19-,21+,26?,27+,29-,31+/m1/s1. The van der Waals surface area contributed by atoms with Gasteiger partial charge in [0.05, 0.1) is 23.6 Å². The number of aromatic hydroxyl groups is 2. The third kappa shape index (κ3) is 9.70. The van der Waals surface area contributed by atoms with Crippen LogP contribution in [-0.4, -0.2) is 97.0 Å². The summed E-state index contributed by atoms with van der Waals surface area (Å²) in [5.41, 5.74) is 7.24. The zero-order chi connectivity index (χ0) is 33.3. The van der Waals surface area contributed by atoms with Gasteiger partial charge in [-0.25, -0.2) is 4.79 Å². The number of phenolic OH excluding ortho intramolecular Hbond substituents is 2. The molecule has 1 fully saturated rings. The number of hydrogen-bond acceptors (Lipinski definition) is 10. The summed E-state index contributed by atoms with van der Waals surface area (Å²) in [5, 5.41) is 39.8. The zero-order valence-corrected chi connectivity index (χ0v) is 27.2. The number of rotatable bonds is 7. The second kappa shape index (κ2) is 16.6. The van der Waals surface area contributed by atoms with Crippen molar-refractivity contribution in [2.75, 3.05) is 51.0 Å². The Kier molecular flexibility index (Phi) is 13.3. The molecule has 1 unspecified atom stereocenters. The number of anilines is 2. The minimum atomic E-state index is -0.983. The number of carbonyl (C=O) groups is 2. The third-order valence-electron chi connectivity index (χ3n) is 8.51. The number of nitrogens with zero attached hydrogens (tertiary/aromatic N) is 1. The molecule has 0 spiro atoms. The number of nitrogens with one attached hydrogen (secondary N) is 2. The van der Waals surface area contributed by atoms with E-state index in [1.165, 1.54) is 26.7 Å². The van der Waals surface area contributed by atoms with Crippen LogP contribution in [0.2, 0.25) is 0 Å². The molecule has 45 heavy (non-hydrogen) atoms. The van der Waals surface area contributed by atoms with Crippen molar-refractivity contribution >= 4 is 23.4 Å². The number of methoxy groups -OCH3 is 2. The highest BCUT2D eigenvalue weighted by Crippen LogP contribution is 2.42. The summed E-state index contributed by atoms with van der Waals surface area (Å²) in [4.78, 5) is 27.2. The number of aliphatic hydroxyl groups excluding tert-OH is 1. The van der Waals surface area contributed by atoms with Gasteiger partial charge in [-0.3, -0.25) is 4.79 Å². The SMILES string of the molecule is COC1/C=C\C=C(/C)C(=O)Nc2cc(O)c(NCCN3CCC3)c(c2O)C[C@@H](C)C[C@H](OC)[C@H](O)[C@@H](C)/C=C(\C)[C@@H]1OC(N)=O. The molecule has 250 valence electrons. The molecule has 12 heteroatoms. The summed E-state index contributed by atoms with van der Waals surface area (Å²) in [6.45, 7) is 10.6. The Hall–Kier alpha value is -3.58. The van der Waals surface area contributed by atoms with E-state index in [2.05, 4.69) is 15.5 Å². The van der Waals surface area contributed by atoms with E-state index in [1.54, 1.807) is 38.2 Å². The quantitative estimate of drug-likeness (QED) is 0.148. The molecule has 6 atom stereocenters. The highest BCUT2D eigenvalue weighted by Gasteiger charge is 2.30. The van der Waals surface area contributed by atoms with Gasteiger partial charge in [-0.2, -0.15) is 0 Å². The number of allylic oxidation sites excluding steroid dienone is 2. The van der Waals surface area contributed by atoms with Gasteiger partial charge in [0.25, 0.3) is 5.91 Å². The van der Waals surface area contributed by atoms with Crippen molar-refractivity contribution in [2.24, 2.45) is 17.6 Å². The fourth-order valence-corrected chi connectivity index (χ4v) is 5.75. The van der Waals surface area contributed by atoms with Gasteiger partial charge in [0.2, 0.25) is 0 Å². The number of phenols is 2. The number of primary amides is 1. The number of ether oxygens (including phenoxy) is 3. The average Bonchev–Trinajstić information content (AvgIpc) is 2.96. The molecule has 2 heterocycles. The largest absolute Gasteiger partial charge is 0.506 e. The zero-order valence-electron chi connectivity index (χ0n) is 27.2. The molecular formula is C33H50N4O8. The molecule has 2 amide bonds. The van der Waals surface area contributed by atoms with Crippen LogP contribution in [0.4, 0.5) is 16.2 Å². The lowest BCUT2D eigenvalue weighted by molar-refractivity contribution is -0.112. The van der Waals surface area contributed by atoms with Crippen molar-refractivity contribution in [3.63, 3.8) is 0 Å². The van der Waals surface area contributed by atoms with E-state index in [1.807, 2.05) is 13.8 Å². The Morgan fingerprint density at radius 1 is 1.18 bits per heavy atom. The van der Waals surface area contributed by atoms with Crippen LogP contribution >= 0.6 is 0 Å². The second-order valence-corrected chi connectivity index (χ2v) is 12.1. The Morgan fingerprint density at radius 2 is 1.89 bits per heavy atom. The first kappa shape index (κ1) is 35.9. The molecule has 7 N–H and O–H groups in total. The molecule has 2 aliphatic heterocycles. The molecule has 0 radical (unpaired) electrons. The van der Waals surface area contributed by atoms with Crippen molar-refractivity contribution in [1.82, 2.24) is 4.90 Å². The van der Waals surface area contributed by atoms with Gasteiger partial charge in [-0.05, 0) is 57.7 Å². The van der Waals surface area contributed by atoms with E-state index in [9.17, 15) is 24.9 Å². The van der Waals surface area contributed by atoms with Crippen LogP contribution in [0.15, 0.2) is 41.5 Å². The maximum atomic E-state index is 13.1. The van der Waals surface area contributed by atoms with E-state index in [-0.39, 0.29) is 23.1 Å². The normalized spacial score (nSPS) is 30.2. The first-order valence-corrected chi connectivity index (χ1v) is 15.4. The number of hydrogen-bond donors (Lipinski definition) is 6. The van der Waals surface area contributed by atoms with E-state index in [4.69, 9.17) is 19.9 Å². The van der Waals surface area contributed by atoms with Crippen LogP contribution in [0.3, 0.4) is 0 Å². The van der Waals surface area contributed by atoms with Crippen molar-refractivity contribution < 1.29 is 39.1 Å². The van der Waals surface area contributed by atoms with Gasteiger partial charge in [0.1, 0.15) is 17.6 Å². The lowest BCUT2D eigenvalue weighted by Gasteiger charge is -2.31. The Bertz CT molecular complexity index is 1280. The molecule has 0 aromatic heterocycles. The van der Waals surface area contributed by atoms with Crippen LogP contribution in [0, 0.1) is 11.8 Å². The molecule has 2 aliphatic rings. The lowest BCUT2D eigenvalue weighted by Crippen LogP contribution is -2.40. The lowest BCUT2D eigenvalue weighted by atomic mass is 9.87. The molecule has 0 aliphatic carbocycles. The van der Waals surface area contributed by atoms with Crippen molar-refractivity contribution in [2.45, 2.75) is 71.4 Å². The maximum Gasteiger partial charge on any atom is 0.405 e. The molecular weight excluding hydrogens is 580 g/mol. The predicted octanol–water partition coefficient (Wildman–Crippen LogP) is 3.68. The van der Waals surface area contributed by atoms with E-state index < -0.39 is 42.3 Å². The number of nitrogens with two attached hydrogens (primary N) is 1. The maximum absolute atomic E-state index is 13.1. The predicted molar refractivity (Wildman–Crippen MR) is 173 cm³/mol. The number of fused-ring (bicyclic) bond motifs is 2. The van der Waals surface area contributed by atoms with E-state index in [0.29, 0.717) is 41.8 Å². The van der Waals surface area contributed by atoms with Crippen molar-refractivity contribution in [1.29, 1.82) is 0 Å². The molecule has 1 aromatic rings. The highest BCUT2D eigenvalue weighted by molar-refractivity contribution is 6.04. The monoisotopic (exact) mass is 630 g/mol. The Labute approximate surface area is 265 Å². The van der Waals surface area contributed by atoms with Crippen LogP contribution in [-0.2, 0) is 25.4 Å². The fraction of sp³-hybridized carbons (Fsp3) is 0.576. The van der Waals surface area contributed by atoms with Crippen LogP contribution in [0.25, 0.3) is 0 Å². The van der Waals surface area contributed by atoms with Gasteiger partial charge >= 0.3 is 6.09 Å². The first-order valence-electron chi connectivity index (χ1n) is 15.4. The molecule has 1 saturated heterocycles. The topological polar surface area (TPSA) is 176 Å². The van der Waals surface area contributed by atoms with Crippen LogP contribution < -0.4 is 16.4 Å². The van der Waals surface area contributed by atoms with Gasteiger partial charge in [0, 0.05) is 50.4 Å². The Balaban J connectivity index is 2.05. The summed E-state index contributed by atoms with van der Waals surface area (Å²) in [7, 11) is 2.98. The third-order valence-corrected chi connectivity index (χ3v) is 8.51. The van der Waals surface area contributed by atoms with Crippen molar-refractivity contribution in [3.8, 4) is 11.5 Å². The highest BCUT2D eigenvalue weighted by atomic mass is 16.6. The van der Waals surface area contributed by atoms with Crippen molar-refractivity contribution in [3.05, 3.63) is 47.1 Å². The number of aliphatic hydroxyl groups is 1. The van der Waals surface area contributed by atoms with E-state index in [0.717, 1.165) is 19.6 Å². The number of amides is 2. The molecule has 12 nitrogen and oxygen atoms in total. The van der Waals surface area contributed by atoms with E-state index >= 15 is 0 Å². The van der Waals surface area contributed by atoms with Crippen LogP contribution in [0.5, 0.6) is 11.5 Å². The summed E-state index contributed by atoms with van der Waals surface area (Å²) in [6, 6.07) is 1.34. The van der Waals surface area contributed by atoms with Gasteiger partial charge in [-0.1, -0.05) is 38.2 Å². The summed E-state index contributed by atoms with van der Waals surface area (Å²) < 4.78 is 16.7. The molecule has 0 saturated carbocycles. The minimum absolute atomic E-state index is 0.0732. The second-order valence-electron chi connectivity index (χ2n) is 12.1.